The molecule has 13 N–H and O–H groups in total. The zero-order valence-corrected chi connectivity index (χ0v) is 37.8. The van der Waals surface area contributed by atoms with Crippen molar-refractivity contribution in [1.29, 1.82) is 0 Å². The van der Waals surface area contributed by atoms with Crippen molar-refractivity contribution in [2.24, 2.45) is 23.5 Å². The number of ether oxygens (including phenoxy) is 4. The maximum atomic E-state index is 12.6. The zero-order chi connectivity index (χ0) is 48.4. The molecule has 3 heterocycles. The van der Waals surface area contributed by atoms with Gasteiger partial charge in [-0.3, -0.25) is 9.59 Å². The molecule has 0 amide bonds. The van der Waals surface area contributed by atoms with E-state index < -0.39 is 141 Å². The molecular formula is C47H75NO17. The first-order valence-corrected chi connectivity index (χ1v) is 22.6. The number of carbonyl (C=O) groups excluding carboxylic acids is 1. The Morgan fingerprint density at radius 2 is 1.28 bits per heavy atom. The van der Waals surface area contributed by atoms with Gasteiger partial charge in [0.25, 0.3) is 0 Å². The Morgan fingerprint density at radius 3 is 1.94 bits per heavy atom. The van der Waals surface area contributed by atoms with Crippen molar-refractivity contribution in [2.45, 2.75) is 189 Å². The lowest BCUT2D eigenvalue weighted by Gasteiger charge is -2.45. The van der Waals surface area contributed by atoms with Crippen LogP contribution in [-0.4, -0.2) is 166 Å². The lowest BCUT2D eigenvalue weighted by Crippen LogP contribution is -2.61. The first kappa shape index (κ1) is 56.1. The van der Waals surface area contributed by atoms with Crippen LogP contribution in [0.2, 0.25) is 0 Å². The molecule has 0 radical (unpaired) electrons. The second kappa shape index (κ2) is 27.6. The third-order valence-corrected chi connectivity index (χ3v) is 12.2. The van der Waals surface area contributed by atoms with E-state index in [4.69, 9.17) is 24.7 Å². The van der Waals surface area contributed by atoms with Crippen molar-refractivity contribution in [1.82, 2.24) is 0 Å². The van der Waals surface area contributed by atoms with Gasteiger partial charge in [-0.15, -0.1) is 0 Å². The topological polar surface area (TPSA) is 320 Å². The molecule has 2 fully saturated rings. The largest absolute Gasteiger partial charge is 0.481 e. The first-order valence-electron chi connectivity index (χ1n) is 22.6. The third kappa shape index (κ3) is 18.8. The lowest BCUT2D eigenvalue weighted by atomic mass is 9.82. The number of carboxylic acids is 1. The number of hydrogen-bond donors (Lipinski definition) is 12. The van der Waals surface area contributed by atoms with Crippen LogP contribution >= 0.6 is 0 Å². The number of nitrogens with two attached hydrogens (primary N) is 1. The Morgan fingerprint density at radius 1 is 0.692 bits per heavy atom. The van der Waals surface area contributed by atoms with E-state index in [1.807, 2.05) is 49.5 Å². The minimum atomic E-state index is -2.35. The summed E-state index contributed by atoms with van der Waals surface area (Å²) in [6.45, 7) is 6.78. The van der Waals surface area contributed by atoms with Crippen molar-refractivity contribution >= 4 is 11.9 Å². The van der Waals surface area contributed by atoms with Gasteiger partial charge in [0.1, 0.15) is 18.1 Å². The zero-order valence-electron chi connectivity index (χ0n) is 37.8. The van der Waals surface area contributed by atoms with Crippen LogP contribution in [0.1, 0.15) is 91.9 Å². The average Bonchev–Trinajstić information content (AvgIpc) is 3.21. The molecule has 2 saturated heterocycles. The summed E-state index contributed by atoms with van der Waals surface area (Å²) in [4.78, 5) is 25.1. The van der Waals surface area contributed by atoms with Crippen LogP contribution in [0.15, 0.2) is 72.9 Å². The molecule has 65 heavy (non-hydrogen) atoms. The van der Waals surface area contributed by atoms with Crippen molar-refractivity contribution in [3.63, 3.8) is 0 Å². The predicted octanol–water partition coefficient (Wildman–Crippen LogP) is 0.936. The van der Waals surface area contributed by atoms with Crippen LogP contribution in [0, 0.1) is 17.8 Å². The fourth-order valence-corrected chi connectivity index (χ4v) is 8.11. The monoisotopic (exact) mass is 926 g/mol. The van der Waals surface area contributed by atoms with Gasteiger partial charge in [0.15, 0.2) is 12.1 Å². The van der Waals surface area contributed by atoms with Crippen LogP contribution in [0.4, 0.5) is 0 Å². The van der Waals surface area contributed by atoms with Gasteiger partial charge < -0.3 is 80.9 Å². The number of carbonyl (C=O) groups is 2. The summed E-state index contributed by atoms with van der Waals surface area (Å²) in [5, 5.41) is 118. The molecule has 19 atom stereocenters. The summed E-state index contributed by atoms with van der Waals surface area (Å²) in [7, 11) is 0. The van der Waals surface area contributed by atoms with E-state index in [-0.39, 0.29) is 38.0 Å². The normalized spacial score (nSPS) is 45.2. The smallest absolute Gasteiger partial charge is 0.311 e. The minimum absolute atomic E-state index is 0.138. The SMILES string of the molecule is C[C@@H]1[C@H](O)[C@@H](C)/C=C\C=C/CC\C=C/C=C\C=C/C=C/[C@H](O[C@H]2O[C@@H](C)[C@H](O)[C@@H](N)[C@H]2O)C[C@@H]2O[C@](O)(C[C@@H](O)[C@H](O)CC[C@@H](O)C[C@@H](O)C[C@@H](O)CC(=O)O[C@H]1C)C[C@H](O)[C@H]2C(=O)O. The molecule has 18 nitrogen and oxygen atoms in total. The molecule has 0 aromatic rings. The summed E-state index contributed by atoms with van der Waals surface area (Å²) >= 11 is 0. The molecule has 0 aliphatic carbocycles. The molecule has 0 aromatic heterocycles. The van der Waals surface area contributed by atoms with Crippen molar-refractivity contribution in [2.75, 3.05) is 0 Å². The highest BCUT2D eigenvalue weighted by atomic mass is 16.7. The number of cyclic esters (lactones) is 1. The molecule has 0 unspecified atom stereocenters. The Kier molecular flexibility index (Phi) is 23.8. The van der Waals surface area contributed by atoms with E-state index in [1.54, 1.807) is 38.2 Å². The Bertz CT molecular complexity index is 1620. The van der Waals surface area contributed by atoms with Gasteiger partial charge >= 0.3 is 11.9 Å². The second-order valence-corrected chi connectivity index (χ2v) is 17.8. The number of esters is 1. The molecule has 3 rings (SSSR count). The number of aliphatic hydroxyl groups excluding tert-OH is 9. The summed E-state index contributed by atoms with van der Waals surface area (Å²) in [5.74, 6) is -6.82. The standard InChI is InChI=1S/C47H75NO17/c1-27-17-15-13-11-9-7-5-6-8-10-12-14-16-18-34(64-46-44(58)41(48)43(57)30(4)63-46)24-38-40(45(59)60)37(54)26-47(61,65-38)25-36(53)35(52)20-19-31(49)21-32(50)22-33(51)23-39(55)62-29(3)28(2)42(27)56/h5-6,8,10-18,27-38,40-44,46,49-54,56-58,61H,7,9,19-26,48H2,1-4H3,(H,59,60)/b6-5-,10-8-,13-11-,14-12-,17-15-,18-16+/t27-,28-,29-,30-,31+,32+,33+,34-,35+,36+,37-,38-,40+,41+,42+,43-,44+,46+,47+/m0/s1. The van der Waals surface area contributed by atoms with E-state index in [9.17, 15) is 65.8 Å². The quantitative estimate of drug-likeness (QED) is 0.175. The number of fused-ring (bicyclic) bond motifs is 2. The molecule has 2 bridgehead atoms. The second-order valence-electron chi connectivity index (χ2n) is 17.8. The van der Waals surface area contributed by atoms with Gasteiger partial charge in [0.05, 0.1) is 79.6 Å². The van der Waals surface area contributed by atoms with Crippen molar-refractivity contribution in [3.8, 4) is 0 Å². The summed E-state index contributed by atoms with van der Waals surface area (Å²) in [5.41, 5.74) is 6.02. The van der Waals surface area contributed by atoms with E-state index in [0.717, 1.165) is 12.8 Å². The third-order valence-electron chi connectivity index (χ3n) is 12.2. The highest BCUT2D eigenvalue weighted by Gasteiger charge is 2.51. The number of hydrogen-bond acceptors (Lipinski definition) is 17. The van der Waals surface area contributed by atoms with Gasteiger partial charge in [-0.1, -0.05) is 86.8 Å². The van der Waals surface area contributed by atoms with Crippen LogP contribution in [0.5, 0.6) is 0 Å². The van der Waals surface area contributed by atoms with E-state index >= 15 is 0 Å². The molecule has 0 spiro atoms. The number of rotatable bonds is 3. The Hall–Kier alpha value is -3.18. The van der Waals surface area contributed by atoms with Crippen LogP contribution in [-0.2, 0) is 28.5 Å². The van der Waals surface area contributed by atoms with Crippen molar-refractivity contribution in [3.05, 3.63) is 72.9 Å². The number of aliphatic carboxylic acids is 1. The molecule has 370 valence electrons. The minimum Gasteiger partial charge on any atom is -0.481 e. The molecule has 3 aliphatic heterocycles. The van der Waals surface area contributed by atoms with E-state index in [2.05, 4.69) is 0 Å². The lowest BCUT2D eigenvalue weighted by molar-refractivity contribution is -0.310. The number of aliphatic hydroxyl groups is 10. The van der Waals surface area contributed by atoms with Gasteiger partial charge in [0, 0.05) is 31.1 Å². The number of carboxylic acid groups (broad SMARTS) is 1. The van der Waals surface area contributed by atoms with Gasteiger partial charge in [0.2, 0.25) is 0 Å². The fraction of sp³-hybridized carbons (Fsp3) is 0.702. The Labute approximate surface area is 381 Å². The van der Waals surface area contributed by atoms with Gasteiger partial charge in [-0.25, -0.2) is 0 Å². The van der Waals surface area contributed by atoms with Crippen LogP contribution < -0.4 is 5.73 Å². The molecule has 0 aromatic carbocycles. The Balaban J connectivity index is 1.84. The molecule has 3 aliphatic rings. The van der Waals surface area contributed by atoms with E-state index in [1.165, 1.54) is 13.0 Å². The molecule has 18 heteroatoms. The summed E-state index contributed by atoms with van der Waals surface area (Å²) in [6, 6.07) is -1.14. The number of allylic oxidation sites excluding steroid dienone is 10. The molecular weight excluding hydrogens is 851 g/mol. The fourth-order valence-electron chi connectivity index (χ4n) is 8.11. The van der Waals surface area contributed by atoms with Gasteiger partial charge in [-0.05, 0) is 52.4 Å². The van der Waals surface area contributed by atoms with Crippen molar-refractivity contribution < 1.29 is 84.7 Å². The summed E-state index contributed by atoms with van der Waals surface area (Å²) < 4.78 is 23.2. The predicted molar refractivity (Wildman–Crippen MR) is 237 cm³/mol. The van der Waals surface area contributed by atoms with E-state index in [0.29, 0.717) is 0 Å². The summed E-state index contributed by atoms with van der Waals surface area (Å²) in [6.07, 6.45) is 2.28. The molecule has 0 saturated carbocycles. The van der Waals surface area contributed by atoms with Gasteiger partial charge in [-0.2, -0.15) is 0 Å². The maximum Gasteiger partial charge on any atom is 0.311 e. The first-order chi connectivity index (χ1) is 30.6. The average molecular weight is 926 g/mol. The highest BCUT2D eigenvalue weighted by molar-refractivity contribution is 5.71. The maximum absolute atomic E-state index is 12.6. The van der Waals surface area contributed by atoms with Crippen LogP contribution in [0.25, 0.3) is 0 Å². The van der Waals surface area contributed by atoms with Crippen LogP contribution in [0.3, 0.4) is 0 Å². The highest BCUT2D eigenvalue weighted by Crippen LogP contribution is 2.38.